The molecule has 0 heterocycles. The van der Waals surface area contributed by atoms with Crippen LogP contribution in [-0.4, -0.2) is 45.6 Å². The lowest BCUT2D eigenvalue weighted by Crippen LogP contribution is -2.46. The maximum absolute atomic E-state index is 12.7. The lowest BCUT2D eigenvalue weighted by Gasteiger charge is -2.47. The third kappa shape index (κ3) is 7.45. The Balaban J connectivity index is 2.13. The summed E-state index contributed by atoms with van der Waals surface area (Å²) in [5.41, 5.74) is 0. The second-order valence-corrected chi connectivity index (χ2v) is 9.91. The van der Waals surface area contributed by atoms with Crippen molar-refractivity contribution in [2.45, 2.75) is 91.0 Å². The minimum absolute atomic E-state index is 0.0626. The summed E-state index contributed by atoms with van der Waals surface area (Å²) in [5, 5.41) is 29.1. The second kappa shape index (κ2) is 12.5. The molecular weight excluding hydrogens is 408 g/mol. The van der Waals surface area contributed by atoms with Crippen molar-refractivity contribution in [2.75, 3.05) is 0 Å². The third-order valence-corrected chi connectivity index (χ3v) is 7.40. The zero-order chi connectivity index (χ0) is 23.8. The Morgan fingerprint density at radius 3 is 2.53 bits per heavy atom. The first-order chi connectivity index (χ1) is 15.2. The van der Waals surface area contributed by atoms with Crippen molar-refractivity contribution in [3.63, 3.8) is 0 Å². The molecule has 0 amide bonds. The Labute approximate surface area is 192 Å². The van der Waals surface area contributed by atoms with Crippen molar-refractivity contribution in [3.8, 4) is 0 Å². The predicted molar refractivity (Wildman–Crippen MR) is 124 cm³/mol. The molecule has 0 spiro atoms. The number of carbonyl (C=O) groups is 2. The van der Waals surface area contributed by atoms with Crippen LogP contribution in [0.2, 0.25) is 0 Å². The number of ether oxygens (including phenoxy) is 1. The third-order valence-electron chi connectivity index (χ3n) is 7.40. The molecule has 2 rings (SSSR count). The zero-order valence-electron chi connectivity index (χ0n) is 20.0. The minimum atomic E-state index is -1.07. The van der Waals surface area contributed by atoms with Crippen molar-refractivity contribution in [1.82, 2.24) is 0 Å². The van der Waals surface area contributed by atoms with Gasteiger partial charge in [-0.25, -0.2) is 0 Å². The highest BCUT2D eigenvalue weighted by atomic mass is 16.5. The van der Waals surface area contributed by atoms with Crippen LogP contribution in [-0.2, 0) is 14.3 Å². The van der Waals surface area contributed by atoms with E-state index in [2.05, 4.69) is 31.2 Å². The van der Waals surface area contributed by atoms with Gasteiger partial charge in [0, 0.05) is 5.92 Å². The summed E-state index contributed by atoms with van der Waals surface area (Å²) in [6.45, 7) is 8.10. The fourth-order valence-electron chi connectivity index (χ4n) is 5.49. The first-order valence-electron chi connectivity index (χ1n) is 12.3. The molecule has 0 saturated heterocycles. The second-order valence-electron chi connectivity index (χ2n) is 9.91. The van der Waals surface area contributed by atoms with Gasteiger partial charge in [0.25, 0.3) is 0 Å². The van der Waals surface area contributed by atoms with E-state index in [9.17, 15) is 19.8 Å². The number of carboxylic acids is 1. The first kappa shape index (κ1) is 26.6. The van der Waals surface area contributed by atoms with Gasteiger partial charge in [0.2, 0.25) is 0 Å². The molecule has 9 atom stereocenters. The van der Waals surface area contributed by atoms with Crippen molar-refractivity contribution >= 4 is 11.9 Å². The Kier molecular flexibility index (Phi) is 10.4. The van der Waals surface area contributed by atoms with E-state index in [-0.39, 0.29) is 42.7 Å². The summed E-state index contributed by atoms with van der Waals surface area (Å²) in [4.78, 5) is 23.4. The summed E-state index contributed by atoms with van der Waals surface area (Å²) in [5.74, 6) is 0.163. The first-order valence-corrected chi connectivity index (χ1v) is 12.3. The molecule has 0 unspecified atom stereocenters. The molecule has 6 heteroatoms. The van der Waals surface area contributed by atoms with Gasteiger partial charge in [-0.1, -0.05) is 45.1 Å². The number of rotatable bonds is 11. The number of esters is 1. The van der Waals surface area contributed by atoms with Gasteiger partial charge in [0.05, 0.1) is 24.5 Å². The van der Waals surface area contributed by atoms with Gasteiger partial charge in [0.15, 0.2) is 0 Å². The smallest absolute Gasteiger partial charge is 0.308 e. The molecule has 0 bridgehead atoms. The Morgan fingerprint density at radius 2 is 1.91 bits per heavy atom. The van der Waals surface area contributed by atoms with Gasteiger partial charge in [-0.15, -0.1) is 0 Å². The maximum atomic E-state index is 12.7. The van der Waals surface area contributed by atoms with Gasteiger partial charge >= 0.3 is 11.9 Å². The number of aliphatic hydroxyl groups is 2. The molecule has 0 aromatic carbocycles. The fourth-order valence-corrected chi connectivity index (χ4v) is 5.49. The van der Waals surface area contributed by atoms with E-state index >= 15 is 0 Å². The number of hydrogen-bond donors (Lipinski definition) is 3. The van der Waals surface area contributed by atoms with E-state index in [1.54, 1.807) is 0 Å². The van der Waals surface area contributed by atoms with Gasteiger partial charge in [0.1, 0.15) is 6.10 Å². The molecule has 2 aliphatic carbocycles. The minimum Gasteiger partial charge on any atom is -0.481 e. The van der Waals surface area contributed by atoms with Gasteiger partial charge in [-0.05, 0) is 69.1 Å². The SMILES string of the molecule is C/C=C\[C@@H]1C[C@H](OC(=O)[C@@H](C)CC)[C@@H]2[C@@H](CC[C@@H](O)C[C@@H](O)CC(=O)O)[C@@H](C)C=C[C@H]2C1. The largest absolute Gasteiger partial charge is 0.481 e. The van der Waals surface area contributed by atoms with Gasteiger partial charge in [-0.3, -0.25) is 9.59 Å². The zero-order valence-corrected chi connectivity index (χ0v) is 20.0. The molecule has 0 aromatic rings. The molecular formula is C26H42O6. The van der Waals surface area contributed by atoms with Crippen LogP contribution in [0.15, 0.2) is 24.3 Å². The highest BCUT2D eigenvalue weighted by molar-refractivity contribution is 5.72. The van der Waals surface area contributed by atoms with E-state index < -0.39 is 18.2 Å². The number of allylic oxidation sites excluding steroid dienone is 4. The van der Waals surface area contributed by atoms with Gasteiger partial charge in [-0.2, -0.15) is 0 Å². The number of hydrogen-bond acceptors (Lipinski definition) is 5. The number of carboxylic acid groups (broad SMARTS) is 1. The van der Waals surface area contributed by atoms with E-state index in [0.29, 0.717) is 24.2 Å². The summed E-state index contributed by atoms with van der Waals surface area (Å²) in [7, 11) is 0. The van der Waals surface area contributed by atoms with E-state index in [0.717, 1.165) is 25.7 Å². The highest BCUT2D eigenvalue weighted by Crippen LogP contribution is 2.48. The van der Waals surface area contributed by atoms with Crippen LogP contribution in [0.25, 0.3) is 0 Å². The van der Waals surface area contributed by atoms with Crippen molar-refractivity contribution in [3.05, 3.63) is 24.3 Å². The number of fused-ring (bicyclic) bond motifs is 1. The Hall–Kier alpha value is -1.66. The van der Waals surface area contributed by atoms with Crippen LogP contribution in [0.3, 0.4) is 0 Å². The number of carbonyl (C=O) groups excluding carboxylic acids is 1. The quantitative estimate of drug-likeness (QED) is 0.319. The molecule has 2 aliphatic rings. The molecule has 3 N–H and O–H groups in total. The summed E-state index contributed by atoms with van der Waals surface area (Å²) >= 11 is 0. The van der Waals surface area contributed by atoms with Crippen LogP contribution < -0.4 is 0 Å². The van der Waals surface area contributed by atoms with E-state index in [1.165, 1.54) is 0 Å². The van der Waals surface area contributed by atoms with Crippen molar-refractivity contribution in [2.24, 2.45) is 35.5 Å². The Morgan fingerprint density at radius 1 is 1.19 bits per heavy atom. The lowest BCUT2D eigenvalue weighted by atomic mass is 9.60. The molecule has 1 saturated carbocycles. The van der Waals surface area contributed by atoms with E-state index in [4.69, 9.17) is 9.84 Å². The number of aliphatic hydroxyl groups excluding tert-OH is 2. The average molecular weight is 451 g/mol. The Bertz CT molecular complexity index is 671. The van der Waals surface area contributed by atoms with Crippen molar-refractivity contribution in [1.29, 1.82) is 0 Å². The van der Waals surface area contributed by atoms with Gasteiger partial charge < -0.3 is 20.1 Å². The molecule has 6 nitrogen and oxygen atoms in total. The fraction of sp³-hybridized carbons (Fsp3) is 0.769. The molecule has 1 fully saturated rings. The average Bonchev–Trinajstić information content (AvgIpc) is 2.72. The maximum Gasteiger partial charge on any atom is 0.308 e. The van der Waals surface area contributed by atoms with Crippen LogP contribution >= 0.6 is 0 Å². The van der Waals surface area contributed by atoms with E-state index in [1.807, 2.05) is 20.8 Å². The van der Waals surface area contributed by atoms with Crippen LogP contribution in [0.4, 0.5) is 0 Å². The molecule has 32 heavy (non-hydrogen) atoms. The standard InChI is InChI=1S/C26H42O6/c1-5-7-18-12-19-9-8-17(4)22(11-10-20(27)14-21(28)15-24(29)30)25(19)23(13-18)32-26(31)16(3)6-2/h5,7-9,16-23,25,27-28H,6,10-15H2,1-4H3,(H,29,30)/b7-5-/t16-,17-,18-,19-,20+,21+,22-,23-,25-/m0/s1. The topological polar surface area (TPSA) is 104 Å². The van der Waals surface area contributed by atoms with Crippen LogP contribution in [0, 0.1) is 35.5 Å². The molecule has 182 valence electrons. The lowest BCUT2D eigenvalue weighted by molar-refractivity contribution is -0.163. The van der Waals surface area contributed by atoms with Crippen LogP contribution in [0.5, 0.6) is 0 Å². The monoisotopic (exact) mass is 450 g/mol. The molecule has 0 aromatic heterocycles. The summed E-state index contributed by atoms with van der Waals surface area (Å²) in [6, 6.07) is 0. The summed E-state index contributed by atoms with van der Waals surface area (Å²) < 4.78 is 6.11. The number of aliphatic carboxylic acids is 1. The summed E-state index contributed by atoms with van der Waals surface area (Å²) in [6.07, 6.45) is 10.5. The van der Waals surface area contributed by atoms with Crippen molar-refractivity contribution < 1.29 is 29.6 Å². The molecule has 0 radical (unpaired) electrons. The normalized spacial score (nSPS) is 32.8. The highest BCUT2D eigenvalue weighted by Gasteiger charge is 2.45. The predicted octanol–water partition coefficient (Wildman–Crippen LogP) is 4.35. The van der Waals surface area contributed by atoms with Crippen LogP contribution in [0.1, 0.15) is 72.6 Å². The molecule has 0 aliphatic heterocycles.